The fraction of sp³-hybridized carbons (Fsp3) is 0.214. The molecule has 0 unspecified atom stereocenters. The van der Waals surface area contributed by atoms with E-state index in [1.807, 2.05) is 12.1 Å². The minimum atomic E-state index is -0.0792. The molecule has 0 saturated carbocycles. The first-order valence-electron chi connectivity index (χ1n) is 11.4. The number of carbonyl (C=O) groups excluding carboxylic acids is 1. The predicted molar refractivity (Wildman–Crippen MR) is 137 cm³/mol. The van der Waals surface area contributed by atoms with Crippen LogP contribution in [0.3, 0.4) is 0 Å². The third kappa shape index (κ3) is 6.33. The van der Waals surface area contributed by atoms with Crippen LogP contribution in [0, 0.1) is 0 Å². The molecule has 0 fully saturated rings. The molecule has 168 valence electrons. The van der Waals surface area contributed by atoms with Gasteiger partial charge in [0.1, 0.15) is 5.82 Å². The van der Waals surface area contributed by atoms with Gasteiger partial charge in [0.05, 0.1) is 11.0 Å². The van der Waals surface area contributed by atoms with Crippen LogP contribution in [0.2, 0.25) is 5.02 Å². The van der Waals surface area contributed by atoms with E-state index in [0.717, 1.165) is 43.6 Å². The van der Waals surface area contributed by atoms with Crippen LogP contribution in [-0.4, -0.2) is 22.0 Å². The number of nitrogens with one attached hydrogen (secondary N) is 1. The number of nitrogens with zero attached hydrogens (tertiary/aromatic N) is 2. The molecule has 4 rings (SSSR count). The SMILES string of the molecule is O=C(NCCCCCc1nc2ccccc2n1C/C=C/c1ccccc1)c1cccc(Cl)c1. The van der Waals surface area contributed by atoms with E-state index in [0.29, 0.717) is 17.1 Å². The fourth-order valence-corrected chi connectivity index (χ4v) is 4.09. The van der Waals surface area contributed by atoms with E-state index >= 15 is 0 Å². The van der Waals surface area contributed by atoms with Gasteiger partial charge < -0.3 is 9.88 Å². The number of rotatable bonds is 10. The van der Waals surface area contributed by atoms with Gasteiger partial charge in [-0.3, -0.25) is 4.79 Å². The lowest BCUT2D eigenvalue weighted by molar-refractivity contribution is 0.0953. The molecule has 4 aromatic rings. The molecule has 1 heterocycles. The number of fused-ring (bicyclic) bond motifs is 1. The van der Waals surface area contributed by atoms with Crippen molar-refractivity contribution in [2.24, 2.45) is 0 Å². The molecule has 0 aliphatic rings. The molecule has 0 aliphatic heterocycles. The number of amides is 1. The minimum absolute atomic E-state index is 0.0792. The summed E-state index contributed by atoms with van der Waals surface area (Å²) in [4.78, 5) is 17.1. The lowest BCUT2D eigenvalue weighted by Gasteiger charge is -2.08. The second kappa shape index (κ2) is 11.5. The Morgan fingerprint density at radius 2 is 1.76 bits per heavy atom. The van der Waals surface area contributed by atoms with E-state index in [9.17, 15) is 4.79 Å². The topological polar surface area (TPSA) is 46.9 Å². The number of carbonyl (C=O) groups is 1. The third-order valence-corrected chi connectivity index (χ3v) is 5.82. The van der Waals surface area contributed by atoms with Crippen molar-refractivity contribution in [2.75, 3.05) is 6.54 Å². The summed E-state index contributed by atoms with van der Waals surface area (Å²) in [6.45, 7) is 1.45. The highest BCUT2D eigenvalue weighted by Gasteiger charge is 2.09. The number of unbranched alkanes of at least 4 members (excludes halogenated alkanes) is 2. The monoisotopic (exact) mass is 457 g/mol. The molecule has 3 aromatic carbocycles. The van der Waals surface area contributed by atoms with E-state index < -0.39 is 0 Å². The number of imidazole rings is 1. The van der Waals surface area contributed by atoms with Gasteiger partial charge in [-0.15, -0.1) is 0 Å². The number of para-hydroxylation sites is 2. The number of benzene rings is 3. The number of aryl methyl sites for hydroxylation is 1. The standard InChI is InChI=1S/C28H28ClN3O/c29-24-15-9-14-23(21-24)28(33)30-19-8-2-5-18-27-31-25-16-6-7-17-26(25)32(27)20-10-13-22-11-3-1-4-12-22/h1,3-4,6-7,9-17,21H,2,5,8,18-20H2,(H,30,33)/b13-10+. The molecule has 1 amide bonds. The molecule has 0 radical (unpaired) electrons. The Hall–Kier alpha value is -3.37. The normalized spacial score (nSPS) is 11.3. The van der Waals surface area contributed by atoms with E-state index in [1.165, 1.54) is 11.1 Å². The van der Waals surface area contributed by atoms with Crippen LogP contribution in [0.4, 0.5) is 0 Å². The van der Waals surface area contributed by atoms with Gasteiger partial charge in [0, 0.05) is 30.1 Å². The van der Waals surface area contributed by atoms with Crippen LogP contribution >= 0.6 is 11.6 Å². The molecular weight excluding hydrogens is 430 g/mol. The highest BCUT2D eigenvalue weighted by molar-refractivity contribution is 6.30. The van der Waals surface area contributed by atoms with Gasteiger partial charge in [-0.05, 0) is 48.7 Å². The van der Waals surface area contributed by atoms with Crippen molar-refractivity contribution < 1.29 is 4.79 Å². The molecule has 1 aromatic heterocycles. The quantitative estimate of drug-likeness (QED) is 0.274. The first-order chi connectivity index (χ1) is 16.2. The fourth-order valence-electron chi connectivity index (χ4n) is 3.90. The Bertz CT molecular complexity index is 1230. The maximum atomic E-state index is 12.2. The van der Waals surface area contributed by atoms with Crippen LogP contribution in [0.1, 0.15) is 41.0 Å². The maximum Gasteiger partial charge on any atom is 0.251 e. The highest BCUT2D eigenvalue weighted by Crippen LogP contribution is 2.18. The molecule has 0 atom stereocenters. The van der Waals surface area contributed by atoms with Crippen molar-refractivity contribution in [1.82, 2.24) is 14.9 Å². The molecule has 33 heavy (non-hydrogen) atoms. The molecule has 0 bridgehead atoms. The summed E-state index contributed by atoms with van der Waals surface area (Å²) < 4.78 is 2.30. The number of hydrogen-bond donors (Lipinski definition) is 1. The average Bonchev–Trinajstić information content (AvgIpc) is 3.19. The molecular formula is C28H28ClN3O. The van der Waals surface area contributed by atoms with Gasteiger partial charge in [0.15, 0.2) is 0 Å². The zero-order chi connectivity index (χ0) is 22.9. The molecule has 4 nitrogen and oxygen atoms in total. The number of allylic oxidation sites excluding steroid dienone is 1. The van der Waals surface area contributed by atoms with Gasteiger partial charge in [-0.25, -0.2) is 4.98 Å². The zero-order valence-electron chi connectivity index (χ0n) is 18.6. The largest absolute Gasteiger partial charge is 0.352 e. The lowest BCUT2D eigenvalue weighted by Crippen LogP contribution is -2.24. The summed E-state index contributed by atoms with van der Waals surface area (Å²) in [5.41, 5.74) is 4.00. The first-order valence-corrected chi connectivity index (χ1v) is 11.8. The smallest absolute Gasteiger partial charge is 0.251 e. The Kier molecular flexibility index (Phi) is 7.94. The second-order valence-electron chi connectivity index (χ2n) is 8.02. The van der Waals surface area contributed by atoms with Crippen LogP contribution in [0.5, 0.6) is 0 Å². The Morgan fingerprint density at radius 3 is 2.61 bits per heavy atom. The van der Waals surface area contributed by atoms with Crippen molar-refractivity contribution in [2.45, 2.75) is 32.2 Å². The van der Waals surface area contributed by atoms with Crippen molar-refractivity contribution in [3.63, 3.8) is 0 Å². The molecule has 0 spiro atoms. The molecule has 0 saturated heterocycles. The summed E-state index contributed by atoms with van der Waals surface area (Å²) in [6, 6.07) is 25.7. The zero-order valence-corrected chi connectivity index (χ0v) is 19.3. The van der Waals surface area contributed by atoms with E-state index in [-0.39, 0.29) is 5.91 Å². The average molecular weight is 458 g/mol. The molecule has 1 N–H and O–H groups in total. The third-order valence-electron chi connectivity index (χ3n) is 5.58. The van der Waals surface area contributed by atoms with Crippen LogP contribution in [-0.2, 0) is 13.0 Å². The lowest BCUT2D eigenvalue weighted by atomic mass is 10.1. The van der Waals surface area contributed by atoms with Gasteiger partial charge in [0.2, 0.25) is 0 Å². The van der Waals surface area contributed by atoms with E-state index in [4.69, 9.17) is 16.6 Å². The predicted octanol–water partition coefficient (Wildman–Crippen LogP) is 6.55. The summed E-state index contributed by atoms with van der Waals surface area (Å²) in [7, 11) is 0. The molecule has 5 heteroatoms. The first kappa shape index (κ1) is 22.8. The highest BCUT2D eigenvalue weighted by atomic mass is 35.5. The van der Waals surface area contributed by atoms with Crippen molar-refractivity contribution in [3.05, 3.63) is 107 Å². The van der Waals surface area contributed by atoms with Crippen LogP contribution in [0.15, 0.2) is 84.9 Å². The number of halogens is 1. The second-order valence-corrected chi connectivity index (χ2v) is 8.45. The van der Waals surface area contributed by atoms with Gasteiger partial charge >= 0.3 is 0 Å². The molecule has 0 aliphatic carbocycles. The Balaban J connectivity index is 1.29. The Morgan fingerprint density at radius 1 is 0.939 bits per heavy atom. The van der Waals surface area contributed by atoms with E-state index in [2.05, 4.69) is 64.5 Å². The Labute approximate surface area is 199 Å². The van der Waals surface area contributed by atoms with Gasteiger partial charge in [-0.2, -0.15) is 0 Å². The summed E-state index contributed by atoms with van der Waals surface area (Å²) in [5, 5.41) is 3.55. The van der Waals surface area contributed by atoms with Crippen LogP contribution < -0.4 is 5.32 Å². The summed E-state index contributed by atoms with van der Waals surface area (Å²) in [5.74, 6) is 1.03. The van der Waals surface area contributed by atoms with Gasteiger partial charge in [0.25, 0.3) is 5.91 Å². The number of hydrogen-bond acceptors (Lipinski definition) is 2. The maximum absolute atomic E-state index is 12.2. The van der Waals surface area contributed by atoms with Crippen molar-refractivity contribution in [3.8, 4) is 0 Å². The summed E-state index contributed by atoms with van der Waals surface area (Å²) in [6.07, 6.45) is 8.24. The van der Waals surface area contributed by atoms with Crippen molar-refractivity contribution >= 4 is 34.6 Å². The van der Waals surface area contributed by atoms with Crippen LogP contribution in [0.25, 0.3) is 17.1 Å². The minimum Gasteiger partial charge on any atom is -0.352 e. The van der Waals surface area contributed by atoms with E-state index in [1.54, 1.807) is 24.3 Å². The van der Waals surface area contributed by atoms with Gasteiger partial charge in [-0.1, -0.05) is 78.7 Å². The number of aromatic nitrogens is 2. The van der Waals surface area contributed by atoms with Crippen molar-refractivity contribution in [1.29, 1.82) is 0 Å². The summed E-state index contributed by atoms with van der Waals surface area (Å²) >= 11 is 5.96.